The summed E-state index contributed by atoms with van der Waals surface area (Å²) in [6, 6.07) is 16.5. The first-order valence-corrected chi connectivity index (χ1v) is 11.2. The van der Waals surface area contributed by atoms with Gasteiger partial charge in [-0.3, -0.25) is 4.90 Å². The number of hydrogen-bond donors (Lipinski definition) is 3. The predicted octanol–water partition coefficient (Wildman–Crippen LogP) is 2.23. The van der Waals surface area contributed by atoms with Crippen molar-refractivity contribution >= 4 is 22.6 Å². The first kappa shape index (κ1) is 23.5. The minimum atomic E-state index is -0.591. The molecule has 5 N–H and O–H groups in total. The van der Waals surface area contributed by atoms with Crippen LogP contribution in [0.5, 0.6) is 5.75 Å². The summed E-state index contributed by atoms with van der Waals surface area (Å²) in [6.07, 6.45) is 0. The molecule has 1 aromatic heterocycles. The number of nitrogens with zero attached hydrogens (tertiary/aromatic N) is 3. The summed E-state index contributed by atoms with van der Waals surface area (Å²) < 4.78 is 11.1. The number of nitrogens with two attached hydrogens (primary N) is 2. The maximum atomic E-state index is 13.3. The van der Waals surface area contributed by atoms with Gasteiger partial charge in [-0.15, -0.1) is 5.10 Å². The van der Waals surface area contributed by atoms with E-state index >= 15 is 0 Å². The second-order valence-corrected chi connectivity index (χ2v) is 8.32. The Bertz CT molecular complexity index is 1250. The summed E-state index contributed by atoms with van der Waals surface area (Å²) in [6.45, 7) is 5.11. The molecule has 0 unspecified atom stereocenters. The molecule has 1 aliphatic heterocycles. The fourth-order valence-corrected chi connectivity index (χ4v) is 4.43. The molecule has 2 atom stereocenters. The molecule has 9 nitrogen and oxygen atoms in total. The zero-order valence-corrected chi connectivity index (χ0v) is 19.1. The average Bonchev–Trinajstić information content (AvgIpc) is 2.85. The van der Waals surface area contributed by atoms with Gasteiger partial charge in [-0.1, -0.05) is 42.5 Å². The van der Waals surface area contributed by atoms with E-state index in [0.717, 1.165) is 18.7 Å². The second kappa shape index (κ2) is 10.5. The Kier molecular flexibility index (Phi) is 7.24. The Hall–Kier alpha value is -3.69. The SMILES string of the molecule is C/C(=N\N=C(N)N)[C@@H](CN1CCOCC1)[C@@H](c1ccccc1)c1c(O)c2ccccc2oc1=O. The predicted molar refractivity (Wildman–Crippen MR) is 132 cm³/mol. The number of fused-ring (bicyclic) bond motifs is 1. The van der Waals surface area contributed by atoms with Crippen LogP contribution in [0.2, 0.25) is 0 Å². The molecule has 9 heteroatoms. The zero-order chi connectivity index (χ0) is 24.1. The largest absolute Gasteiger partial charge is 0.507 e. The summed E-state index contributed by atoms with van der Waals surface area (Å²) in [5.41, 5.74) is 12.4. The third kappa shape index (κ3) is 5.11. The highest BCUT2D eigenvalue weighted by Crippen LogP contribution is 2.39. The van der Waals surface area contributed by atoms with Gasteiger partial charge in [0.2, 0.25) is 5.96 Å². The smallest absolute Gasteiger partial charge is 0.343 e. The van der Waals surface area contributed by atoms with Gasteiger partial charge in [0.25, 0.3) is 0 Å². The lowest BCUT2D eigenvalue weighted by molar-refractivity contribution is 0.0335. The molecule has 0 bridgehead atoms. The van der Waals surface area contributed by atoms with Crippen LogP contribution in [0.15, 0.2) is 74.0 Å². The number of rotatable bonds is 7. The number of aromatic hydroxyl groups is 1. The molecular weight excluding hydrogens is 434 g/mol. The van der Waals surface area contributed by atoms with Gasteiger partial charge >= 0.3 is 5.63 Å². The van der Waals surface area contributed by atoms with Crippen LogP contribution in [-0.2, 0) is 4.74 Å². The molecule has 2 aromatic carbocycles. The summed E-state index contributed by atoms with van der Waals surface area (Å²) >= 11 is 0. The highest BCUT2D eigenvalue weighted by Gasteiger charge is 2.35. The quantitative estimate of drug-likeness (QED) is 0.211. The van der Waals surface area contributed by atoms with Gasteiger partial charge in [-0.05, 0) is 24.6 Å². The topological polar surface area (TPSA) is 140 Å². The molecule has 0 radical (unpaired) electrons. The molecule has 0 amide bonds. The van der Waals surface area contributed by atoms with E-state index in [1.807, 2.05) is 37.3 Å². The number of guanidine groups is 1. The molecule has 34 heavy (non-hydrogen) atoms. The number of benzene rings is 2. The minimum absolute atomic E-state index is 0.0951. The molecule has 4 rings (SSSR count). The van der Waals surface area contributed by atoms with Crippen LogP contribution in [0, 0.1) is 5.92 Å². The van der Waals surface area contributed by atoms with E-state index in [9.17, 15) is 9.90 Å². The van der Waals surface area contributed by atoms with Crippen LogP contribution < -0.4 is 17.1 Å². The standard InChI is InChI=1S/C25H29N5O4/c1-16(28-29-25(26)27)19(15-30-11-13-33-14-12-30)21(17-7-3-2-4-8-17)22-23(31)18-9-5-6-10-20(18)34-24(22)32/h2-10,19,21,31H,11-15H2,1H3,(H4,26,27,29)/b28-16+/t19-,21-/m1/s1. The molecule has 1 fully saturated rings. The number of para-hydroxylation sites is 1. The van der Waals surface area contributed by atoms with Crippen LogP contribution >= 0.6 is 0 Å². The Morgan fingerprint density at radius 1 is 1.06 bits per heavy atom. The summed E-state index contributed by atoms with van der Waals surface area (Å²) in [5, 5.41) is 19.9. The van der Waals surface area contributed by atoms with E-state index < -0.39 is 11.5 Å². The maximum Gasteiger partial charge on any atom is 0.343 e. The van der Waals surface area contributed by atoms with E-state index in [1.54, 1.807) is 24.3 Å². The fraction of sp³-hybridized carbons (Fsp3) is 0.320. The van der Waals surface area contributed by atoms with Crippen molar-refractivity contribution in [3.63, 3.8) is 0 Å². The monoisotopic (exact) mass is 463 g/mol. The van der Waals surface area contributed by atoms with Crippen LogP contribution in [0.1, 0.15) is 24.0 Å². The molecule has 0 saturated carbocycles. The van der Waals surface area contributed by atoms with Crippen LogP contribution in [-0.4, -0.2) is 54.5 Å². The number of morpholine rings is 1. The minimum Gasteiger partial charge on any atom is -0.507 e. The molecule has 2 heterocycles. The molecule has 0 aliphatic carbocycles. The van der Waals surface area contributed by atoms with Gasteiger partial charge in [-0.25, -0.2) is 4.79 Å². The van der Waals surface area contributed by atoms with Gasteiger partial charge < -0.3 is 25.7 Å². The summed E-state index contributed by atoms with van der Waals surface area (Å²) in [4.78, 5) is 15.5. The molecule has 178 valence electrons. The Labute approximate surface area is 197 Å². The van der Waals surface area contributed by atoms with E-state index in [1.165, 1.54) is 0 Å². The van der Waals surface area contributed by atoms with Gasteiger partial charge in [0.15, 0.2) is 0 Å². The molecular formula is C25H29N5O4. The van der Waals surface area contributed by atoms with E-state index in [4.69, 9.17) is 20.6 Å². The highest BCUT2D eigenvalue weighted by atomic mass is 16.5. The molecule has 1 saturated heterocycles. The Morgan fingerprint density at radius 3 is 2.44 bits per heavy atom. The van der Waals surface area contributed by atoms with E-state index in [2.05, 4.69) is 15.1 Å². The van der Waals surface area contributed by atoms with Crippen molar-refractivity contribution in [2.24, 2.45) is 27.6 Å². The van der Waals surface area contributed by atoms with Crippen molar-refractivity contribution < 1.29 is 14.3 Å². The van der Waals surface area contributed by atoms with Gasteiger partial charge in [0.1, 0.15) is 11.3 Å². The Morgan fingerprint density at radius 2 is 1.74 bits per heavy atom. The number of ether oxygens (including phenoxy) is 1. The third-order valence-electron chi connectivity index (χ3n) is 6.11. The summed E-state index contributed by atoms with van der Waals surface area (Å²) in [5.74, 6) is -1.14. The second-order valence-electron chi connectivity index (χ2n) is 8.32. The summed E-state index contributed by atoms with van der Waals surface area (Å²) in [7, 11) is 0. The highest BCUT2D eigenvalue weighted by molar-refractivity contribution is 5.89. The Balaban J connectivity index is 1.92. The van der Waals surface area contributed by atoms with Crippen LogP contribution in [0.25, 0.3) is 11.0 Å². The van der Waals surface area contributed by atoms with Crippen molar-refractivity contribution in [3.8, 4) is 5.75 Å². The first-order valence-electron chi connectivity index (χ1n) is 11.2. The van der Waals surface area contributed by atoms with Crippen molar-refractivity contribution in [3.05, 3.63) is 76.1 Å². The zero-order valence-electron chi connectivity index (χ0n) is 19.1. The van der Waals surface area contributed by atoms with Crippen molar-refractivity contribution in [1.82, 2.24) is 4.90 Å². The van der Waals surface area contributed by atoms with Crippen molar-refractivity contribution in [1.29, 1.82) is 0 Å². The average molecular weight is 464 g/mol. The van der Waals surface area contributed by atoms with Crippen molar-refractivity contribution in [2.45, 2.75) is 12.8 Å². The van der Waals surface area contributed by atoms with E-state index in [-0.39, 0.29) is 23.2 Å². The lowest BCUT2D eigenvalue weighted by Gasteiger charge is -2.34. The van der Waals surface area contributed by atoms with Gasteiger partial charge in [-0.2, -0.15) is 5.10 Å². The molecule has 0 spiro atoms. The lowest BCUT2D eigenvalue weighted by Crippen LogP contribution is -2.43. The third-order valence-corrected chi connectivity index (χ3v) is 6.11. The van der Waals surface area contributed by atoms with Gasteiger partial charge in [0.05, 0.1) is 24.2 Å². The van der Waals surface area contributed by atoms with E-state index in [0.29, 0.717) is 36.4 Å². The fourth-order valence-electron chi connectivity index (χ4n) is 4.43. The normalized spacial score (nSPS) is 16.8. The van der Waals surface area contributed by atoms with Gasteiger partial charge in [0, 0.05) is 37.2 Å². The maximum absolute atomic E-state index is 13.3. The molecule has 1 aliphatic rings. The molecule has 3 aromatic rings. The van der Waals surface area contributed by atoms with Crippen LogP contribution in [0.3, 0.4) is 0 Å². The first-order chi connectivity index (χ1) is 16.5. The van der Waals surface area contributed by atoms with Crippen molar-refractivity contribution in [2.75, 3.05) is 32.8 Å². The van der Waals surface area contributed by atoms with Crippen LogP contribution in [0.4, 0.5) is 0 Å². The number of hydrogen-bond acceptors (Lipinski definition) is 7. The lowest BCUT2D eigenvalue weighted by atomic mass is 9.78.